The summed E-state index contributed by atoms with van der Waals surface area (Å²) in [6.07, 6.45) is 8.59. The van der Waals surface area contributed by atoms with E-state index in [0.717, 1.165) is 70.7 Å². The van der Waals surface area contributed by atoms with Crippen molar-refractivity contribution in [1.29, 1.82) is 0 Å². The monoisotopic (exact) mass is 813 g/mol. The third-order valence-corrected chi connectivity index (χ3v) is 12.8. The number of benzene rings is 2. The van der Waals surface area contributed by atoms with E-state index >= 15 is 4.39 Å². The lowest BCUT2D eigenvalue weighted by Gasteiger charge is -2.43. The molecule has 5 fully saturated rings. The van der Waals surface area contributed by atoms with E-state index in [1.165, 1.54) is 6.07 Å². The number of aromatic nitrogens is 2. The Labute approximate surface area is 342 Å². The molecule has 4 amide bonds. The van der Waals surface area contributed by atoms with E-state index in [1.54, 1.807) is 41.3 Å². The standard InChI is InChI=1S/C43H53F2N9O5/c44-34-23-31(47-36-13-15-38(56)50-41(36)58)10-14-37(34)53-20-18-52(19-21-53)32-11-8-29(9-12-32)48-40(57)26-4-6-30(7-5-26)49-43-46-24-35(45)39(51-43)27-2-1-3-28(22-27)42(59)54-17-16-33(55)25-54/h1-3,10,14,22-24,26,29-30,32-33,36,47,55H,4-9,11-13,15-21,25H2,(H,48,57)(H,46,49,51)(H,50,56,58)/t26?,29?,30?,32?,33-,36?/m0/s1. The molecule has 16 heteroatoms. The number of β-amino-alcohol motifs (C(OH)–C–C–N with tert-alkyl or cyclic N) is 1. The number of hydrogen-bond donors (Lipinski definition) is 5. The molecule has 314 valence electrons. The highest BCUT2D eigenvalue weighted by molar-refractivity contribution is 6.01. The van der Waals surface area contributed by atoms with Crippen LogP contribution in [0, 0.1) is 17.6 Å². The fourth-order valence-electron chi connectivity index (χ4n) is 9.35. The predicted octanol–water partition coefficient (Wildman–Crippen LogP) is 4.07. The highest BCUT2D eigenvalue weighted by Gasteiger charge is 2.33. The Kier molecular flexibility index (Phi) is 12.3. The summed E-state index contributed by atoms with van der Waals surface area (Å²) in [6, 6.07) is 11.7. The number of rotatable bonds is 10. The van der Waals surface area contributed by atoms with E-state index < -0.39 is 18.0 Å². The van der Waals surface area contributed by atoms with Crippen LogP contribution < -0.4 is 26.2 Å². The SMILES string of the molecule is O=C1CCC(Nc2ccc(N3CCN(C4CCC(NC(=O)C5CCC(Nc6ncc(F)c(-c7cccc(C(=O)N8CC[C@H](O)C8)c7)n6)CC5)CC4)CC3)c(F)c2)C(=O)N1. The molecule has 1 unspecified atom stereocenters. The largest absolute Gasteiger partial charge is 0.391 e. The minimum Gasteiger partial charge on any atom is -0.391 e. The van der Waals surface area contributed by atoms with Crippen molar-refractivity contribution in [2.45, 2.75) is 101 Å². The van der Waals surface area contributed by atoms with Crippen LogP contribution in [0.5, 0.6) is 0 Å². The maximum absolute atomic E-state index is 15.2. The van der Waals surface area contributed by atoms with E-state index in [9.17, 15) is 28.7 Å². The number of anilines is 3. The normalized spacial score (nSPS) is 26.6. The number of amides is 4. The average molecular weight is 814 g/mol. The molecule has 0 bridgehead atoms. The van der Waals surface area contributed by atoms with Crippen LogP contribution in [0.3, 0.4) is 0 Å². The number of carbonyl (C=O) groups is 4. The number of hydrogen-bond acceptors (Lipinski definition) is 11. The Balaban J connectivity index is 0.752. The molecule has 2 aliphatic carbocycles. The number of piperazine rings is 1. The Morgan fingerprint density at radius 3 is 2.29 bits per heavy atom. The summed E-state index contributed by atoms with van der Waals surface area (Å²) < 4.78 is 30.2. The molecule has 5 aliphatic rings. The van der Waals surface area contributed by atoms with Crippen molar-refractivity contribution < 1.29 is 33.1 Å². The molecular weight excluding hydrogens is 761 g/mol. The summed E-state index contributed by atoms with van der Waals surface area (Å²) in [7, 11) is 0. The lowest BCUT2D eigenvalue weighted by Crippen LogP contribution is -2.52. The first-order chi connectivity index (χ1) is 28.6. The van der Waals surface area contributed by atoms with E-state index in [-0.39, 0.29) is 66.1 Å². The van der Waals surface area contributed by atoms with Crippen molar-refractivity contribution in [3.05, 3.63) is 65.9 Å². The van der Waals surface area contributed by atoms with Crippen molar-refractivity contribution >= 4 is 41.0 Å². The van der Waals surface area contributed by atoms with Gasteiger partial charge in [-0.05, 0) is 94.5 Å². The molecule has 2 atom stereocenters. The maximum Gasteiger partial charge on any atom is 0.253 e. The molecule has 0 spiro atoms. The molecule has 59 heavy (non-hydrogen) atoms. The predicted molar refractivity (Wildman–Crippen MR) is 217 cm³/mol. The third-order valence-electron chi connectivity index (χ3n) is 12.8. The quantitative estimate of drug-likeness (QED) is 0.187. The summed E-state index contributed by atoms with van der Waals surface area (Å²) in [6.45, 7) is 3.85. The van der Waals surface area contributed by atoms with Crippen LogP contribution in [0.15, 0.2) is 48.7 Å². The minimum absolute atomic E-state index is 0.0422. The minimum atomic E-state index is -0.590. The van der Waals surface area contributed by atoms with Crippen LogP contribution in [-0.2, 0) is 14.4 Å². The summed E-state index contributed by atoms with van der Waals surface area (Å²) in [5, 5.41) is 21.9. The smallest absolute Gasteiger partial charge is 0.253 e. The molecule has 3 aliphatic heterocycles. The number of halogens is 2. The number of likely N-dealkylation sites (tertiary alicyclic amines) is 1. The van der Waals surface area contributed by atoms with Gasteiger partial charge in [-0.1, -0.05) is 12.1 Å². The van der Waals surface area contributed by atoms with E-state index in [2.05, 4.69) is 41.0 Å². The van der Waals surface area contributed by atoms with Gasteiger partial charge in [-0.15, -0.1) is 0 Å². The second-order valence-electron chi connectivity index (χ2n) is 16.7. The van der Waals surface area contributed by atoms with Crippen LogP contribution >= 0.6 is 0 Å². The first kappa shape index (κ1) is 40.6. The number of nitrogens with one attached hydrogen (secondary N) is 4. The Hall–Kier alpha value is -5.22. The lowest BCUT2D eigenvalue weighted by molar-refractivity contribution is -0.133. The van der Waals surface area contributed by atoms with Gasteiger partial charge in [0.05, 0.1) is 18.0 Å². The summed E-state index contributed by atoms with van der Waals surface area (Å²) >= 11 is 0. The molecule has 4 heterocycles. The highest BCUT2D eigenvalue weighted by atomic mass is 19.1. The first-order valence-electron chi connectivity index (χ1n) is 21.1. The van der Waals surface area contributed by atoms with E-state index in [1.807, 2.05) is 0 Å². The number of imide groups is 1. The molecule has 2 saturated carbocycles. The number of nitrogens with zero attached hydrogens (tertiary/aromatic N) is 5. The zero-order valence-corrected chi connectivity index (χ0v) is 33.2. The number of aliphatic hydroxyl groups excluding tert-OH is 1. The van der Waals surface area contributed by atoms with Crippen LogP contribution in [0.25, 0.3) is 11.3 Å². The Morgan fingerprint density at radius 2 is 1.58 bits per heavy atom. The molecular formula is C43H53F2N9O5. The van der Waals surface area contributed by atoms with Crippen LogP contribution in [0.2, 0.25) is 0 Å². The van der Waals surface area contributed by atoms with E-state index in [4.69, 9.17) is 0 Å². The van der Waals surface area contributed by atoms with Crippen molar-refractivity contribution in [3.8, 4) is 11.3 Å². The zero-order chi connectivity index (χ0) is 41.0. The van der Waals surface area contributed by atoms with E-state index in [0.29, 0.717) is 67.0 Å². The van der Waals surface area contributed by atoms with Gasteiger partial charge in [0.25, 0.3) is 5.91 Å². The highest BCUT2D eigenvalue weighted by Crippen LogP contribution is 2.31. The van der Waals surface area contributed by atoms with Crippen molar-refractivity contribution in [1.82, 2.24) is 30.4 Å². The van der Waals surface area contributed by atoms with Crippen molar-refractivity contribution in [3.63, 3.8) is 0 Å². The first-order valence-corrected chi connectivity index (χ1v) is 21.1. The van der Waals surface area contributed by atoms with Crippen LogP contribution in [-0.4, -0.2) is 118 Å². The maximum atomic E-state index is 15.2. The Bertz CT molecular complexity index is 2030. The number of carbonyl (C=O) groups excluding carboxylic acids is 4. The molecule has 5 N–H and O–H groups in total. The second kappa shape index (κ2) is 18.0. The summed E-state index contributed by atoms with van der Waals surface area (Å²) in [4.78, 5) is 64.7. The number of piperidine rings is 1. The van der Waals surface area contributed by atoms with Gasteiger partial charge in [-0.2, -0.15) is 0 Å². The topological polar surface area (TPSA) is 172 Å². The van der Waals surface area contributed by atoms with Gasteiger partial charge < -0.3 is 30.9 Å². The molecule has 0 radical (unpaired) electrons. The average Bonchev–Trinajstić information content (AvgIpc) is 3.69. The molecule has 2 aromatic carbocycles. The van der Waals surface area contributed by atoms with Crippen molar-refractivity contribution in [2.24, 2.45) is 5.92 Å². The van der Waals surface area contributed by atoms with Gasteiger partial charge in [-0.3, -0.25) is 29.4 Å². The molecule has 8 rings (SSSR count). The zero-order valence-electron chi connectivity index (χ0n) is 33.2. The summed E-state index contributed by atoms with van der Waals surface area (Å²) in [5.41, 5.74) is 2.03. The van der Waals surface area contributed by atoms with Gasteiger partial charge >= 0.3 is 0 Å². The molecule has 3 saturated heterocycles. The van der Waals surface area contributed by atoms with Crippen molar-refractivity contribution in [2.75, 3.05) is 54.8 Å². The fraction of sp³-hybridized carbons (Fsp3) is 0.535. The summed E-state index contributed by atoms with van der Waals surface area (Å²) in [5.74, 6) is -1.48. The van der Waals surface area contributed by atoms with Gasteiger partial charge in [0, 0.05) is 86.5 Å². The van der Waals surface area contributed by atoms with Crippen LogP contribution in [0.1, 0.15) is 81.0 Å². The molecule has 14 nitrogen and oxygen atoms in total. The van der Waals surface area contributed by atoms with Gasteiger partial charge in [0.2, 0.25) is 23.7 Å². The van der Waals surface area contributed by atoms with Gasteiger partial charge in [-0.25, -0.2) is 18.7 Å². The van der Waals surface area contributed by atoms with Crippen LogP contribution in [0.4, 0.5) is 26.1 Å². The second-order valence-corrected chi connectivity index (χ2v) is 16.7. The molecule has 3 aromatic rings. The third kappa shape index (κ3) is 9.65. The number of aliphatic hydroxyl groups is 1. The molecule has 1 aromatic heterocycles. The lowest BCUT2D eigenvalue weighted by atomic mass is 9.84. The Morgan fingerprint density at radius 1 is 0.814 bits per heavy atom. The fourth-order valence-corrected chi connectivity index (χ4v) is 9.35. The van der Waals surface area contributed by atoms with Gasteiger partial charge in [0.1, 0.15) is 17.6 Å². The van der Waals surface area contributed by atoms with Gasteiger partial charge in [0.15, 0.2) is 5.82 Å².